The van der Waals surface area contributed by atoms with Crippen LogP contribution < -0.4 is 16.2 Å². The summed E-state index contributed by atoms with van der Waals surface area (Å²) in [7, 11) is 0. The van der Waals surface area contributed by atoms with Crippen molar-refractivity contribution in [3.05, 3.63) is 64.1 Å². The van der Waals surface area contributed by atoms with Gasteiger partial charge >= 0.3 is 0 Å². The molecule has 6 nitrogen and oxygen atoms in total. The van der Waals surface area contributed by atoms with E-state index in [9.17, 15) is 14.4 Å². The first-order valence-corrected chi connectivity index (χ1v) is 7.89. The molecule has 124 valence electrons. The lowest BCUT2D eigenvalue weighted by molar-refractivity contribution is -0.116. The van der Waals surface area contributed by atoms with Gasteiger partial charge in [0.15, 0.2) is 0 Å². The minimum absolute atomic E-state index is 0.0718. The Labute approximate surface area is 139 Å². The number of pyridine rings is 1. The summed E-state index contributed by atoms with van der Waals surface area (Å²) in [6, 6.07) is 10.3. The van der Waals surface area contributed by atoms with Crippen LogP contribution in [0.15, 0.2) is 47.4 Å². The van der Waals surface area contributed by atoms with E-state index >= 15 is 0 Å². The van der Waals surface area contributed by atoms with Crippen LogP contribution >= 0.6 is 0 Å². The Bertz CT molecular complexity index is 837. The number of carbonyl (C=O) groups excluding carboxylic acids is 2. The van der Waals surface area contributed by atoms with Crippen LogP contribution in [0.25, 0.3) is 0 Å². The smallest absolute Gasteiger partial charge is 0.251 e. The SMILES string of the molecule is Cc1ccn(CC(=O)Nc2cccc(C(=O)NC3CC3)c2)c(=O)c1. The van der Waals surface area contributed by atoms with E-state index in [1.165, 1.54) is 10.6 Å². The number of nitrogens with zero attached hydrogens (tertiary/aromatic N) is 1. The van der Waals surface area contributed by atoms with Crippen LogP contribution in [0.2, 0.25) is 0 Å². The second-order valence-corrected chi connectivity index (χ2v) is 6.05. The molecule has 1 heterocycles. The third-order valence-corrected chi connectivity index (χ3v) is 3.79. The van der Waals surface area contributed by atoms with E-state index < -0.39 is 0 Å². The van der Waals surface area contributed by atoms with Crippen LogP contribution in [0.4, 0.5) is 5.69 Å². The van der Waals surface area contributed by atoms with Gasteiger partial charge in [-0.2, -0.15) is 0 Å². The molecule has 3 rings (SSSR count). The zero-order valence-corrected chi connectivity index (χ0v) is 13.4. The van der Waals surface area contributed by atoms with Gasteiger partial charge in [-0.05, 0) is 49.6 Å². The molecule has 0 unspecified atom stereocenters. The van der Waals surface area contributed by atoms with Crippen molar-refractivity contribution >= 4 is 17.5 Å². The molecule has 0 bridgehead atoms. The lowest BCUT2D eigenvalue weighted by Gasteiger charge is -2.09. The fourth-order valence-corrected chi connectivity index (χ4v) is 2.33. The van der Waals surface area contributed by atoms with Crippen LogP contribution in [0.1, 0.15) is 28.8 Å². The molecule has 6 heteroatoms. The Morgan fingerprint density at radius 2 is 2.00 bits per heavy atom. The van der Waals surface area contributed by atoms with Gasteiger partial charge in [-0.15, -0.1) is 0 Å². The third kappa shape index (κ3) is 4.10. The molecule has 2 amide bonds. The van der Waals surface area contributed by atoms with Gasteiger partial charge in [-0.3, -0.25) is 14.4 Å². The third-order valence-electron chi connectivity index (χ3n) is 3.79. The highest BCUT2D eigenvalue weighted by atomic mass is 16.2. The van der Waals surface area contributed by atoms with Gasteiger partial charge in [0.05, 0.1) is 0 Å². The zero-order chi connectivity index (χ0) is 17.1. The van der Waals surface area contributed by atoms with Gasteiger partial charge < -0.3 is 15.2 Å². The molecule has 1 saturated carbocycles. The van der Waals surface area contributed by atoms with Gasteiger partial charge in [0.25, 0.3) is 11.5 Å². The minimum Gasteiger partial charge on any atom is -0.349 e. The van der Waals surface area contributed by atoms with Crippen LogP contribution in [0.5, 0.6) is 0 Å². The van der Waals surface area contributed by atoms with Gasteiger partial charge in [-0.25, -0.2) is 0 Å². The number of nitrogens with one attached hydrogen (secondary N) is 2. The van der Waals surface area contributed by atoms with Crippen molar-refractivity contribution in [3.8, 4) is 0 Å². The zero-order valence-electron chi connectivity index (χ0n) is 13.4. The van der Waals surface area contributed by atoms with E-state index in [1.54, 1.807) is 36.5 Å². The molecule has 0 aliphatic heterocycles. The maximum atomic E-state index is 12.1. The topological polar surface area (TPSA) is 80.2 Å². The summed E-state index contributed by atoms with van der Waals surface area (Å²) in [5, 5.41) is 5.62. The van der Waals surface area contributed by atoms with E-state index in [1.807, 2.05) is 6.92 Å². The van der Waals surface area contributed by atoms with Gasteiger partial charge in [0, 0.05) is 29.6 Å². The molecule has 1 aliphatic rings. The molecule has 0 atom stereocenters. The first-order chi connectivity index (χ1) is 11.5. The minimum atomic E-state index is -0.319. The number of carbonyl (C=O) groups is 2. The molecular formula is C18H19N3O3. The van der Waals surface area contributed by atoms with Crippen molar-refractivity contribution in [1.82, 2.24) is 9.88 Å². The predicted octanol–water partition coefficient (Wildman–Crippen LogP) is 1.69. The van der Waals surface area contributed by atoms with Crippen molar-refractivity contribution in [1.29, 1.82) is 0 Å². The Hall–Kier alpha value is -2.89. The predicted molar refractivity (Wildman–Crippen MR) is 91.0 cm³/mol. The summed E-state index contributed by atoms with van der Waals surface area (Å²) in [4.78, 5) is 36.0. The number of rotatable bonds is 5. The van der Waals surface area contributed by atoms with Crippen LogP contribution in [0, 0.1) is 6.92 Å². The Morgan fingerprint density at radius 3 is 2.71 bits per heavy atom. The molecule has 0 saturated heterocycles. The van der Waals surface area contributed by atoms with Gasteiger partial charge in [0.1, 0.15) is 6.54 Å². The van der Waals surface area contributed by atoms with E-state index in [2.05, 4.69) is 10.6 Å². The normalized spacial score (nSPS) is 13.4. The highest BCUT2D eigenvalue weighted by Gasteiger charge is 2.23. The number of benzene rings is 1. The first-order valence-electron chi connectivity index (χ1n) is 7.89. The second kappa shape index (κ2) is 6.70. The lowest BCUT2D eigenvalue weighted by Crippen LogP contribution is -2.27. The number of aromatic nitrogens is 1. The molecule has 1 aromatic carbocycles. The molecule has 0 radical (unpaired) electrons. The van der Waals surface area contributed by atoms with Crippen molar-refractivity contribution in [2.24, 2.45) is 0 Å². The molecule has 1 fully saturated rings. The van der Waals surface area contributed by atoms with Crippen LogP contribution in [-0.2, 0) is 11.3 Å². The average molecular weight is 325 g/mol. The fourth-order valence-electron chi connectivity index (χ4n) is 2.33. The molecule has 0 spiro atoms. The summed E-state index contributed by atoms with van der Waals surface area (Å²) in [5.41, 5.74) is 1.67. The molecule has 1 aliphatic carbocycles. The maximum absolute atomic E-state index is 12.1. The van der Waals surface area contributed by atoms with E-state index in [4.69, 9.17) is 0 Å². The standard InChI is InChI=1S/C18H19N3O3/c1-12-7-8-21(17(23)9-12)11-16(22)19-15-4-2-3-13(10-15)18(24)20-14-5-6-14/h2-4,7-10,14H,5-6,11H2,1H3,(H,19,22)(H,20,24). The Morgan fingerprint density at radius 1 is 1.21 bits per heavy atom. The first kappa shape index (κ1) is 16.0. The van der Waals surface area contributed by atoms with Crippen LogP contribution in [-0.4, -0.2) is 22.4 Å². The summed E-state index contributed by atoms with van der Waals surface area (Å²) in [6.07, 6.45) is 3.64. The van der Waals surface area contributed by atoms with E-state index in [0.29, 0.717) is 11.3 Å². The maximum Gasteiger partial charge on any atom is 0.251 e. The van der Waals surface area contributed by atoms with Crippen molar-refractivity contribution in [2.75, 3.05) is 5.32 Å². The number of hydrogen-bond acceptors (Lipinski definition) is 3. The van der Waals surface area contributed by atoms with Crippen molar-refractivity contribution < 1.29 is 9.59 Å². The largest absolute Gasteiger partial charge is 0.349 e. The summed E-state index contributed by atoms with van der Waals surface area (Å²) >= 11 is 0. The molecule has 24 heavy (non-hydrogen) atoms. The average Bonchev–Trinajstić information content (AvgIpc) is 3.34. The monoisotopic (exact) mass is 325 g/mol. The summed E-state index contributed by atoms with van der Waals surface area (Å²) < 4.78 is 1.34. The molecule has 2 N–H and O–H groups in total. The second-order valence-electron chi connectivity index (χ2n) is 6.05. The van der Waals surface area contributed by atoms with Crippen molar-refractivity contribution in [3.63, 3.8) is 0 Å². The fraction of sp³-hybridized carbons (Fsp3) is 0.278. The van der Waals surface area contributed by atoms with E-state index in [0.717, 1.165) is 18.4 Å². The Balaban J connectivity index is 1.65. The number of amides is 2. The van der Waals surface area contributed by atoms with Gasteiger partial charge in [-0.1, -0.05) is 6.07 Å². The van der Waals surface area contributed by atoms with Crippen LogP contribution in [0.3, 0.4) is 0 Å². The molecule has 1 aromatic heterocycles. The summed E-state index contributed by atoms with van der Waals surface area (Å²) in [5.74, 6) is -0.455. The molecular weight excluding hydrogens is 306 g/mol. The number of aryl methyl sites for hydroxylation is 1. The highest BCUT2D eigenvalue weighted by molar-refractivity contribution is 5.97. The van der Waals surface area contributed by atoms with Crippen molar-refractivity contribution in [2.45, 2.75) is 32.4 Å². The van der Waals surface area contributed by atoms with E-state index in [-0.39, 0.29) is 30.0 Å². The number of anilines is 1. The quantitative estimate of drug-likeness (QED) is 0.878. The van der Waals surface area contributed by atoms with Gasteiger partial charge in [0.2, 0.25) is 5.91 Å². The summed E-state index contributed by atoms with van der Waals surface area (Å²) in [6.45, 7) is 1.75. The molecule has 2 aromatic rings. The Kier molecular flexibility index (Phi) is 4.46. The lowest BCUT2D eigenvalue weighted by atomic mass is 10.2. The highest BCUT2D eigenvalue weighted by Crippen LogP contribution is 2.20. The number of hydrogen-bond donors (Lipinski definition) is 2.